The largest absolute Gasteiger partial charge is 0.244 e. The van der Waals surface area contributed by atoms with Gasteiger partial charge in [-0.2, -0.15) is 4.31 Å². The predicted octanol–water partition coefficient (Wildman–Crippen LogP) is 3.77. The van der Waals surface area contributed by atoms with E-state index in [-0.39, 0.29) is 18.0 Å². The SMILES string of the molecule is CC=C=CCN(CC#Cc1ccccc1)S(=O)(=O)c1ccc(C)cc1. The summed E-state index contributed by atoms with van der Waals surface area (Å²) in [5, 5.41) is 0. The molecule has 3 nitrogen and oxygen atoms in total. The first-order valence-electron chi connectivity index (χ1n) is 8.00. The number of sulfonamides is 1. The Labute approximate surface area is 150 Å². The van der Waals surface area contributed by atoms with Gasteiger partial charge in [-0.15, -0.1) is 5.73 Å². The Morgan fingerprint density at radius 3 is 2.36 bits per heavy atom. The molecule has 0 atom stereocenters. The van der Waals surface area contributed by atoms with Crippen LogP contribution in [0, 0.1) is 18.8 Å². The molecular formula is C21H21NO2S. The second kappa shape index (κ2) is 9.05. The van der Waals surface area contributed by atoms with E-state index >= 15 is 0 Å². The first-order chi connectivity index (χ1) is 12.0. The summed E-state index contributed by atoms with van der Waals surface area (Å²) in [6.07, 6.45) is 3.43. The molecule has 0 aliphatic carbocycles. The lowest BCUT2D eigenvalue weighted by molar-refractivity contribution is 0.478. The van der Waals surface area contributed by atoms with E-state index in [0.717, 1.165) is 11.1 Å². The average molecular weight is 351 g/mol. The van der Waals surface area contributed by atoms with Crippen molar-refractivity contribution in [1.29, 1.82) is 0 Å². The van der Waals surface area contributed by atoms with Crippen molar-refractivity contribution in [3.63, 3.8) is 0 Å². The van der Waals surface area contributed by atoms with Crippen molar-refractivity contribution in [2.45, 2.75) is 18.7 Å². The summed E-state index contributed by atoms with van der Waals surface area (Å²) in [5.41, 5.74) is 4.79. The van der Waals surface area contributed by atoms with Gasteiger partial charge in [0.1, 0.15) is 0 Å². The molecule has 4 heteroatoms. The standard InChI is InChI=1S/C21H21NO2S/c1-3-4-8-17-22(18-9-12-20-10-6-5-7-11-20)25(23,24)21-15-13-19(2)14-16-21/h3,5-8,10-11,13-16H,17-18H2,1-2H3. The number of rotatable bonds is 5. The first kappa shape index (κ1) is 18.8. The lowest BCUT2D eigenvalue weighted by atomic mass is 10.2. The summed E-state index contributed by atoms with van der Waals surface area (Å²) in [5.74, 6) is 5.95. The van der Waals surface area contributed by atoms with E-state index in [1.54, 1.807) is 36.4 Å². The fraction of sp³-hybridized carbons (Fsp3) is 0.190. The predicted molar refractivity (Wildman–Crippen MR) is 102 cm³/mol. The monoisotopic (exact) mass is 351 g/mol. The van der Waals surface area contributed by atoms with E-state index in [9.17, 15) is 8.42 Å². The minimum absolute atomic E-state index is 0.118. The molecule has 0 unspecified atom stereocenters. The second-order valence-corrected chi connectivity index (χ2v) is 7.38. The minimum Gasteiger partial charge on any atom is -0.207 e. The molecule has 0 saturated carbocycles. The van der Waals surface area contributed by atoms with Crippen LogP contribution in [0.25, 0.3) is 0 Å². The van der Waals surface area contributed by atoms with E-state index in [4.69, 9.17) is 0 Å². The van der Waals surface area contributed by atoms with Gasteiger partial charge >= 0.3 is 0 Å². The van der Waals surface area contributed by atoms with Gasteiger partial charge in [-0.05, 0) is 50.3 Å². The van der Waals surface area contributed by atoms with Crippen molar-refractivity contribution in [3.05, 3.63) is 83.6 Å². The summed E-state index contributed by atoms with van der Waals surface area (Å²) in [6, 6.07) is 16.4. The van der Waals surface area contributed by atoms with Crippen LogP contribution in [0.1, 0.15) is 18.1 Å². The zero-order chi connectivity index (χ0) is 18.1. The Bertz CT molecular complexity index is 911. The third kappa shape index (κ3) is 5.48. The van der Waals surface area contributed by atoms with Crippen molar-refractivity contribution in [2.75, 3.05) is 13.1 Å². The number of benzene rings is 2. The van der Waals surface area contributed by atoms with Crippen LogP contribution >= 0.6 is 0 Å². The van der Waals surface area contributed by atoms with Crippen LogP contribution in [0.5, 0.6) is 0 Å². The third-order valence-corrected chi connectivity index (χ3v) is 5.33. The van der Waals surface area contributed by atoms with Crippen molar-refractivity contribution < 1.29 is 8.42 Å². The maximum atomic E-state index is 12.9. The Balaban J connectivity index is 2.27. The maximum absolute atomic E-state index is 12.9. The molecule has 0 N–H and O–H groups in total. The van der Waals surface area contributed by atoms with Gasteiger partial charge in [0.2, 0.25) is 10.0 Å². The summed E-state index contributed by atoms with van der Waals surface area (Å²) in [4.78, 5) is 0.272. The van der Waals surface area contributed by atoms with Crippen LogP contribution in [0.4, 0.5) is 0 Å². The summed E-state index contributed by atoms with van der Waals surface area (Å²) >= 11 is 0. The normalized spacial score (nSPS) is 10.5. The summed E-state index contributed by atoms with van der Waals surface area (Å²) in [6.45, 7) is 4.11. The van der Waals surface area contributed by atoms with Crippen molar-refractivity contribution in [2.24, 2.45) is 0 Å². The Hall–Kier alpha value is -2.57. The molecule has 0 aromatic heterocycles. The molecular weight excluding hydrogens is 330 g/mol. The molecule has 2 aromatic carbocycles. The molecule has 0 spiro atoms. The van der Waals surface area contributed by atoms with Crippen LogP contribution < -0.4 is 0 Å². The van der Waals surface area contributed by atoms with E-state index in [0.29, 0.717) is 0 Å². The van der Waals surface area contributed by atoms with Crippen LogP contribution in [0.3, 0.4) is 0 Å². The van der Waals surface area contributed by atoms with Crippen LogP contribution in [-0.4, -0.2) is 25.8 Å². The molecule has 25 heavy (non-hydrogen) atoms. The molecule has 0 aliphatic rings. The molecule has 128 valence electrons. The van der Waals surface area contributed by atoms with E-state index in [2.05, 4.69) is 17.6 Å². The molecule has 0 radical (unpaired) electrons. The number of hydrogen-bond acceptors (Lipinski definition) is 2. The Kier molecular flexibility index (Phi) is 6.80. The van der Waals surface area contributed by atoms with Crippen molar-refractivity contribution in [3.8, 4) is 11.8 Å². The fourth-order valence-electron chi connectivity index (χ4n) is 2.13. The highest BCUT2D eigenvalue weighted by molar-refractivity contribution is 7.89. The van der Waals surface area contributed by atoms with Gasteiger partial charge in [0.15, 0.2) is 0 Å². The molecule has 2 rings (SSSR count). The topological polar surface area (TPSA) is 37.4 Å². The number of nitrogens with zero attached hydrogens (tertiary/aromatic N) is 1. The minimum atomic E-state index is -3.61. The summed E-state index contributed by atoms with van der Waals surface area (Å²) < 4.78 is 27.1. The zero-order valence-electron chi connectivity index (χ0n) is 14.4. The maximum Gasteiger partial charge on any atom is 0.244 e. The van der Waals surface area contributed by atoms with Crippen LogP contribution in [-0.2, 0) is 10.0 Å². The number of aryl methyl sites for hydroxylation is 1. The zero-order valence-corrected chi connectivity index (χ0v) is 15.3. The van der Waals surface area contributed by atoms with E-state index in [1.165, 1.54) is 4.31 Å². The highest BCUT2D eigenvalue weighted by Crippen LogP contribution is 2.16. The average Bonchev–Trinajstić information content (AvgIpc) is 2.62. The highest BCUT2D eigenvalue weighted by atomic mass is 32.2. The second-order valence-electron chi connectivity index (χ2n) is 5.44. The van der Waals surface area contributed by atoms with E-state index < -0.39 is 10.0 Å². The molecule has 0 amide bonds. The first-order valence-corrected chi connectivity index (χ1v) is 9.44. The lowest BCUT2D eigenvalue weighted by Crippen LogP contribution is -2.31. The smallest absolute Gasteiger partial charge is 0.207 e. The lowest BCUT2D eigenvalue weighted by Gasteiger charge is -2.18. The van der Waals surface area contributed by atoms with Gasteiger partial charge in [-0.3, -0.25) is 0 Å². The van der Waals surface area contributed by atoms with Gasteiger partial charge in [0.25, 0.3) is 0 Å². The van der Waals surface area contributed by atoms with Crippen LogP contribution in [0.2, 0.25) is 0 Å². The van der Waals surface area contributed by atoms with Crippen molar-refractivity contribution >= 4 is 10.0 Å². The van der Waals surface area contributed by atoms with Gasteiger partial charge in [-0.1, -0.05) is 47.7 Å². The molecule has 0 bridgehead atoms. The van der Waals surface area contributed by atoms with Crippen LogP contribution in [0.15, 0.2) is 77.4 Å². The van der Waals surface area contributed by atoms with Gasteiger partial charge in [0.05, 0.1) is 11.4 Å². The van der Waals surface area contributed by atoms with Crippen molar-refractivity contribution in [1.82, 2.24) is 4.31 Å². The van der Waals surface area contributed by atoms with Gasteiger partial charge in [-0.25, -0.2) is 8.42 Å². The fourth-order valence-corrected chi connectivity index (χ4v) is 3.41. The molecule has 0 fully saturated rings. The molecule has 2 aromatic rings. The quantitative estimate of drug-likeness (QED) is 0.607. The number of hydrogen-bond donors (Lipinski definition) is 0. The molecule has 0 saturated heterocycles. The summed E-state index contributed by atoms with van der Waals surface area (Å²) in [7, 11) is -3.61. The highest BCUT2D eigenvalue weighted by Gasteiger charge is 2.22. The van der Waals surface area contributed by atoms with Gasteiger partial charge < -0.3 is 0 Å². The van der Waals surface area contributed by atoms with Gasteiger partial charge in [0, 0.05) is 12.1 Å². The Morgan fingerprint density at radius 2 is 1.72 bits per heavy atom. The molecule has 0 aliphatic heterocycles. The van der Waals surface area contributed by atoms with E-state index in [1.807, 2.05) is 44.2 Å². The third-order valence-electron chi connectivity index (χ3n) is 3.50. The molecule has 0 heterocycles. The Morgan fingerprint density at radius 1 is 1.04 bits per heavy atom.